The highest BCUT2D eigenvalue weighted by Crippen LogP contribution is 2.30. The standard InChI is InChI=1S/C15H16F3N5O6S/c1-30(26,27)28-6-9-11(12(19)24)13-20-3-2-10(23(13)22-9)14(25)21-7-4-8(5-7)29-15(16,17)18/h2-3,7-8H,4-6H2,1H3,(H2,19,24)(H,21,25). The van der Waals surface area contributed by atoms with E-state index < -0.39 is 47.0 Å². The zero-order valence-electron chi connectivity index (χ0n) is 15.3. The van der Waals surface area contributed by atoms with Gasteiger partial charge in [0.05, 0.1) is 12.4 Å². The van der Waals surface area contributed by atoms with Gasteiger partial charge in [0.25, 0.3) is 21.9 Å². The number of ether oxygens (including phenoxy) is 1. The number of carbonyl (C=O) groups is 2. The molecular weight excluding hydrogens is 435 g/mol. The lowest BCUT2D eigenvalue weighted by molar-refractivity contribution is -0.351. The Balaban J connectivity index is 1.81. The van der Waals surface area contributed by atoms with Crippen LogP contribution in [-0.2, 0) is 25.6 Å². The number of nitrogens with one attached hydrogen (secondary N) is 1. The van der Waals surface area contributed by atoms with Crippen molar-refractivity contribution in [2.75, 3.05) is 6.26 Å². The Morgan fingerprint density at radius 1 is 1.37 bits per heavy atom. The number of hydrogen-bond donors (Lipinski definition) is 2. The van der Waals surface area contributed by atoms with Crippen LogP contribution in [0.5, 0.6) is 0 Å². The fraction of sp³-hybridized carbons (Fsp3) is 0.467. The number of nitrogens with zero attached hydrogens (tertiary/aromatic N) is 3. The van der Waals surface area contributed by atoms with E-state index in [-0.39, 0.29) is 35.4 Å². The summed E-state index contributed by atoms with van der Waals surface area (Å²) in [5, 5.41) is 6.54. The van der Waals surface area contributed by atoms with Gasteiger partial charge in [-0.05, 0) is 18.9 Å². The van der Waals surface area contributed by atoms with Crippen molar-refractivity contribution >= 4 is 27.6 Å². The monoisotopic (exact) mass is 451 g/mol. The largest absolute Gasteiger partial charge is 0.522 e. The number of rotatable bonds is 7. The molecule has 2 aromatic rings. The summed E-state index contributed by atoms with van der Waals surface area (Å²) in [6.07, 6.45) is -3.84. The predicted octanol–water partition coefficient (Wildman–Crippen LogP) is 0.102. The quantitative estimate of drug-likeness (QED) is 0.562. The molecule has 0 radical (unpaired) electrons. The van der Waals surface area contributed by atoms with E-state index in [0.717, 1.165) is 10.8 Å². The summed E-state index contributed by atoms with van der Waals surface area (Å²) in [4.78, 5) is 28.3. The lowest BCUT2D eigenvalue weighted by atomic mass is 9.89. The van der Waals surface area contributed by atoms with Gasteiger partial charge in [-0.15, -0.1) is 13.2 Å². The fourth-order valence-electron chi connectivity index (χ4n) is 2.91. The van der Waals surface area contributed by atoms with Crippen LogP contribution in [-0.4, -0.2) is 59.6 Å². The van der Waals surface area contributed by atoms with E-state index in [1.54, 1.807) is 0 Å². The van der Waals surface area contributed by atoms with Crippen molar-refractivity contribution in [3.8, 4) is 0 Å². The van der Waals surface area contributed by atoms with Gasteiger partial charge in [-0.25, -0.2) is 9.50 Å². The first-order chi connectivity index (χ1) is 13.8. The van der Waals surface area contributed by atoms with Crippen LogP contribution in [0.15, 0.2) is 12.3 Å². The number of aromatic nitrogens is 3. The second-order valence-electron chi connectivity index (χ2n) is 6.55. The molecule has 2 amide bonds. The van der Waals surface area contributed by atoms with Crippen molar-refractivity contribution in [2.45, 2.75) is 38.0 Å². The Morgan fingerprint density at radius 3 is 2.60 bits per heavy atom. The SMILES string of the molecule is CS(=O)(=O)OCc1nn2c(C(=O)NC3CC(OC(F)(F)F)C3)ccnc2c1C(N)=O. The van der Waals surface area contributed by atoms with Gasteiger partial charge in [-0.1, -0.05) is 0 Å². The molecule has 3 rings (SSSR count). The van der Waals surface area contributed by atoms with Crippen LogP contribution in [0.3, 0.4) is 0 Å². The topological polar surface area (TPSA) is 155 Å². The van der Waals surface area contributed by atoms with Crippen molar-refractivity contribution < 1.29 is 40.1 Å². The molecule has 2 heterocycles. The minimum atomic E-state index is -4.75. The molecule has 0 aromatic carbocycles. The molecule has 0 bridgehead atoms. The van der Waals surface area contributed by atoms with Gasteiger partial charge >= 0.3 is 6.36 Å². The maximum Gasteiger partial charge on any atom is 0.522 e. The van der Waals surface area contributed by atoms with Crippen LogP contribution < -0.4 is 11.1 Å². The normalized spacial score (nSPS) is 19.5. The summed E-state index contributed by atoms with van der Waals surface area (Å²) < 4.78 is 68.5. The third-order valence-electron chi connectivity index (χ3n) is 4.21. The minimum Gasteiger partial charge on any atom is -0.365 e. The molecular formula is C15H16F3N5O6S. The molecule has 2 aromatic heterocycles. The molecule has 1 saturated carbocycles. The number of alkyl halides is 3. The van der Waals surface area contributed by atoms with Crippen LogP contribution in [0.4, 0.5) is 13.2 Å². The Morgan fingerprint density at radius 2 is 2.03 bits per heavy atom. The molecule has 0 unspecified atom stereocenters. The number of hydrogen-bond acceptors (Lipinski definition) is 8. The van der Waals surface area contributed by atoms with Crippen LogP contribution in [0, 0.1) is 0 Å². The number of fused-ring (bicyclic) bond motifs is 1. The van der Waals surface area contributed by atoms with Gasteiger partial charge in [0.2, 0.25) is 0 Å². The zero-order chi connectivity index (χ0) is 22.3. The van der Waals surface area contributed by atoms with E-state index in [0.29, 0.717) is 0 Å². The summed E-state index contributed by atoms with van der Waals surface area (Å²) in [7, 11) is -3.85. The number of halogens is 3. The second kappa shape index (κ2) is 7.81. The zero-order valence-corrected chi connectivity index (χ0v) is 16.2. The van der Waals surface area contributed by atoms with Crippen molar-refractivity contribution in [3.05, 3.63) is 29.2 Å². The first-order valence-corrected chi connectivity index (χ1v) is 10.2. The van der Waals surface area contributed by atoms with E-state index in [1.807, 2.05) is 0 Å². The number of carbonyl (C=O) groups excluding carboxylic acids is 2. The van der Waals surface area contributed by atoms with Crippen LogP contribution in [0.25, 0.3) is 5.65 Å². The molecule has 0 atom stereocenters. The van der Waals surface area contributed by atoms with Gasteiger partial charge in [0.1, 0.15) is 23.6 Å². The van der Waals surface area contributed by atoms with Gasteiger partial charge in [0, 0.05) is 12.2 Å². The third-order valence-corrected chi connectivity index (χ3v) is 4.76. The molecule has 3 N–H and O–H groups in total. The average Bonchev–Trinajstić information content (AvgIpc) is 2.94. The van der Waals surface area contributed by atoms with Crippen molar-refractivity contribution in [1.82, 2.24) is 19.9 Å². The summed E-state index contributed by atoms with van der Waals surface area (Å²) in [6, 6.07) is 0.719. The summed E-state index contributed by atoms with van der Waals surface area (Å²) in [5.41, 5.74) is 4.76. The minimum absolute atomic E-state index is 0.0292. The van der Waals surface area contributed by atoms with Gasteiger partial charge in [0.15, 0.2) is 5.65 Å². The third kappa shape index (κ3) is 5.03. The average molecular weight is 451 g/mol. The van der Waals surface area contributed by atoms with Crippen molar-refractivity contribution in [1.29, 1.82) is 0 Å². The highest BCUT2D eigenvalue weighted by molar-refractivity contribution is 7.85. The van der Waals surface area contributed by atoms with Gasteiger partial charge in [-0.2, -0.15) is 13.5 Å². The number of nitrogens with two attached hydrogens (primary N) is 1. The number of primary amides is 1. The van der Waals surface area contributed by atoms with Crippen LogP contribution in [0.1, 0.15) is 39.4 Å². The number of amides is 2. The predicted molar refractivity (Wildman–Crippen MR) is 92.6 cm³/mol. The molecule has 164 valence electrons. The Kier molecular flexibility index (Phi) is 5.70. The molecule has 0 saturated heterocycles. The molecule has 15 heteroatoms. The lowest BCUT2D eigenvalue weighted by Gasteiger charge is -2.35. The van der Waals surface area contributed by atoms with E-state index in [4.69, 9.17) is 5.73 Å². The van der Waals surface area contributed by atoms with Gasteiger partial charge in [-0.3, -0.25) is 18.5 Å². The first-order valence-electron chi connectivity index (χ1n) is 8.40. The molecule has 0 spiro atoms. The van der Waals surface area contributed by atoms with E-state index >= 15 is 0 Å². The summed E-state index contributed by atoms with van der Waals surface area (Å²) in [6.45, 7) is -0.611. The lowest BCUT2D eigenvalue weighted by Crippen LogP contribution is -2.49. The summed E-state index contributed by atoms with van der Waals surface area (Å²) in [5.74, 6) is -1.65. The van der Waals surface area contributed by atoms with Crippen LogP contribution in [0.2, 0.25) is 0 Å². The highest BCUT2D eigenvalue weighted by atomic mass is 32.2. The molecule has 0 aliphatic heterocycles. The van der Waals surface area contributed by atoms with Gasteiger partial charge < -0.3 is 11.1 Å². The second-order valence-corrected chi connectivity index (χ2v) is 8.19. The van der Waals surface area contributed by atoms with E-state index in [9.17, 15) is 31.2 Å². The first kappa shape index (κ1) is 21.9. The molecule has 1 aliphatic rings. The molecule has 11 nitrogen and oxygen atoms in total. The Bertz CT molecular complexity index is 1090. The Hall–Kier alpha value is -2.78. The van der Waals surface area contributed by atoms with E-state index in [2.05, 4.69) is 24.3 Å². The maximum atomic E-state index is 12.6. The fourth-order valence-corrected chi connectivity index (χ4v) is 3.23. The smallest absolute Gasteiger partial charge is 0.365 e. The van der Waals surface area contributed by atoms with Crippen LogP contribution >= 0.6 is 0 Å². The molecule has 1 fully saturated rings. The maximum absolute atomic E-state index is 12.6. The highest BCUT2D eigenvalue weighted by Gasteiger charge is 2.40. The molecule has 30 heavy (non-hydrogen) atoms. The van der Waals surface area contributed by atoms with Crippen molar-refractivity contribution in [3.63, 3.8) is 0 Å². The molecule has 1 aliphatic carbocycles. The van der Waals surface area contributed by atoms with E-state index in [1.165, 1.54) is 12.3 Å². The van der Waals surface area contributed by atoms with Crippen molar-refractivity contribution in [2.24, 2.45) is 5.73 Å². The summed E-state index contributed by atoms with van der Waals surface area (Å²) >= 11 is 0. The Labute approximate surface area is 167 Å².